The van der Waals surface area contributed by atoms with E-state index in [1.807, 2.05) is 45.2 Å². The molecule has 0 bridgehead atoms. The standard InChI is InChI=1S/C25H28N6O2/c1-4-31(5-2)25(32)24(27)18-9-11-20(28-15-18)19-10-6-16(14-26)12-22(19)33-23-13-21(17-7-8-17)29-30(23)3/h6,9-13,15,17,24H,4-5,7-8,27H2,1-3H3. The number of aromatic nitrogens is 3. The summed E-state index contributed by atoms with van der Waals surface area (Å²) in [4.78, 5) is 18.8. The largest absolute Gasteiger partial charge is 0.439 e. The second kappa shape index (κ2) is 9.43. The van der Waals surface area contributed by atoms with Crippen molar-refractivity contribution in [2.24, 2.45) is 12.8 Å². The number of likely N-dealkylation sites (N-methyl/N-ethyl adjacent to an activating group) is 1. The Balaban J connectivity index is 1.62. The van der Waals surface area contributed by atoms with Gasteiger partial charge in [-0.25, -0.2) is 4.68 Å². The van der Waals surface area contributed by atoms with Crippen LogP contribution in [-0.2, 0) is 11.8 Å². The normalized spacial score (nSPS) is 13.9. The van der Waals surface area contributed by atoms with Crippen molar-refractivity contribution in [3.63, 3.8) is 0 Å². The fourth-order valence-electron chi connectivity index (χ4n) is 3.77. The molecule has 0 radical (unpaired) electrons. The molecular formula is C25H28N6O2. The first kappa shape index (κ1) is 22.5. The Hall–Kier alpha value is -3.70. The van der Waals surface area contributed by atoms with E-state index in [2.05, 4.69) is 16.2 Å². The molecule has 2 N–H and O–H groups in total. The maximum atomic E-state index is 12.6. The van der Waals surface area contributed by atoms with E-state index in [1.54, 1.807) is 27.9 Å². The van der Waals surface area contributed by atoms with Crippen molar-refractivity contribution in [3.8, 4) is 29.0 Å². The van der Waals surface area contributed by atoms with E-state index in [1.165, 1.54) is 0 Å². The smallest absolute Gasteiger partial charge is 0.244 e. The maximum absolute atomic E-state index is 12.6. The zero-order valence-corrected chi connectivity index (χ0v) is 19.2. The van der Waals surface area contributed by atoms with Gasteiger partial charge < -0.3 is 15.4 Å². The fraction of sp³-hybridized carbons (Fsp3) is 0.360. The Bertz CT molecular complexity index is 1190. The minimum Gasteiger partial charge on any atom is -0.439 e. The van der Waals surface area contributed by atoms with E-state index in [0.29, 0.717) is 47.5 Å². The molecule has 1 aromatic carbocycles. The van der Waals surface area contributed by atoms with Crippen LogP contribution in [0, 0.1) is 11.3 Å². The molecule has 1 amide bonds. The number of nitriles is 1. The summed E-state index contributed by atoms with van der Waals surface area (Å²) < 4.78 is 7.91. The predicted molar refractivity (Wildman–Crippen MR) is 125 cm³/mol. The minimum absolute atomic E-state index is 0.125. The Morgan fingerprint density at radius 3 is 2.64 bits per heavy atom. The quantitative estimate of drug-likeness (QED) is 0.564. The molecule has 1 fully saturated rings. The number of amides is 1. The molecule has 1 unspecified atom stereocenters. The first-order chi connectivity index (χ1) is 15.9. The Morgan fingerprint density at radius 2 is 2.03 bits per heavy atom. The third-order valence-corrected chi connectivity index (χ3v) is 5.94. The van der Waals surface area contributed by atoms with Gasteiger partial charge in [-0.3, -0.25) is 9.78 Å². The van der Waals surface area contributed by atoms with Crippen LogP contribution >= 0.6 is 0 Å². The zero-order valence-electron chi connectivity index (χ0n) is 19.2. The van der Waals surface area contributed by atoms with Gasteiger partial charge in [0.1, 0.15) is 11.8 Å². The molecule has 170 valence electrons. The van der Waals surface area contributed by atoms with Crippen LogP contribution in [0.3, 0.4) is 0 Å². The van der Waals surface area contributed by atoms with Gasteiger partial charge in [-0.15, -0.1) is 0 Å². The van der Waals surface area contributed by atoms with Crippen molar-refractivity contribution in [2.45, 2.75) is 38.6 Å². The predicted octanol–water partition coefficient (Wildman–Crippen LogP) is 3.89. The van der Waals surface area contributed by atoms with Gasteiger partial charge in [-0.1, -0.05) is 6.07 Å². The van der Waals surface area contributed by atoms with Gasteiger partial charge >= 0.3 is 0 Å². The van der Waals surface area contributed by atoms with Crippen LogP contribution in [-0.4, -0.2) is 38.7 Å². The Morgan fingerprint density at radius 1 is 1.27 bits per heavy atom. The van der Waals surface area contributed by atoms with Crippen molar-refractivity contribution in [3.05, 3.63) is 59.4 Å². The van der Waals surface area contributed by atoms with Gasteiger partial charge in [0.05, 0.1) is 23.0 Å². The number of ether oxygens (including phenoxy) is 1. The summed E-state index contributed by atoms with van der Waals surface area (Å²) in [6, 6.07) is 12.2. The summed E-state index contributed by atoms with van der Waals surface area (Å²) in [7, 11) is 1.84. The monoisotopic (exact) mass is 444 g/mol. The minimum atomic E-state index is -0.765. The fourth-order valence-corrected chi connectivity index (χ4v) is 3.77. The highest BCUT2D eigenvalue weighted by Gasteiger charge is 2.27. The Kier molecular flexibility index (Phi) is 6.43. The lowest BCUT2D eigenvalue weighted by atomic mass is 10.0. The number of nitrogens with zero attached hydrogens (tertiary/aromatic N) is 5. The van der Waals surface area contributed by atoms with Gasteiger partial charge in [-0.05, 0) is 56.5 Å². The number of hydrogen-bond acceptors (Lipinski definition) is 6. The SMILES string of the molecule is CCN(CC)C(=O)C(N)c1ccc(-c2ccc(C#N)cc2Oc2cc(C3CC3)nn2C)nc1. The lowest BCUT2D eigenvalue weighted by Gasteiger charge is -2.22. The first-order valence-electron chi connectivity index (χ1n) is 11.2. The van der Waals surface area contributed by atoms with E-state index < -0.39 is 6.04 Å². The van der Waals surface area contributed by atoms with Crippen LogP contribution in [0.5, 0.6) is 11.6 Å². The number of aryl methyl sites for hydroxylation is 1. The molecule has 33 heavy (non-hydrogen) atoms. The van der Waals surface area contributed by atoms with E-state index in [-0.39, 0.29) is 5.91 Å². The molecule has 1 atom stereocenters. The molecule has 3 aromatic rings. The molecule has 8 nitrogen and oxygen atoms in total. The zero-order chi connectivity index (χ0) is 23.5. The number of carbonyl (C=O) groups is 1. The number of hydrogen-bond donors (Lipinski definition) is 1. The highest BCUT2D eigenvalue weighted by Crippen LogP contribution is 2.41. The van der Waals surface area contributed by atoms with Crippen LogP contribution in [0.15, 0.2) is 42.6 Å². The van der Waals surface area contributed by atoms with Gasteiger partial charge in [0, 0.05) is 43.9 Å². The van der Waals surface area contributed by atoms with Crippen LogP contribution in [0.4, 0.5) is 0 Å². The maximum Gasteiger partial charge on any atom is 0.244 e. The average Bonchev–Trinajstić information content (AvgIpc) is 3.63. The van der Waals surface area contributed by atoms with E-state index in [9.17, 15) is 10.1 Å². The average molecular weight is 445 g/mol. The molecule has 4 rings (SSSR count). The molecule has 2 heterocycles. The van der Waals surface area contributed by atoms with Crippen LogP contribution in [0.2, 0.25) is 0 Å². The number of nitrogens with two attached hydrogens (primary N) is 1. The third kappa shape index (κ3) is 4.73. The molecule has 0 aliphatic heterocycles. The summed E-state index contributed by atoms with van der Waals surface area (Å²) in [5.41, 5.74) is 9.75. The van der Waals surface area contributed by atoms with Crippen molar-refractivity contribution >= 4 is 5.91 Å². The van der Waals surface area contributed by atoms with Crippen LogP contribution in [0.1, 0.15) is 55.5 Å². The molecule has 1 aliphatic rings. The number of rotatable bonds is 8. The van der Waals surface area contributed by atoms with E-state index >= 15 is 0 Å². The van der Waals surface area contributed by atoms with Crippen molar-refractivity contribution in [1.29, 1.82) is 5.26 Å². The summed E-state index contributed by atoms with van der Waals surface area (Å²) >= 11 is 0. The lowest BCUT2D eigenvalue weighted by Crippen LogP contribution is -2.38. The lowest BCUT2D eigenvalue weighted by molar-refractivity contribution is -0.132. The molecule has 1 saturated carbocycles. The topological polar surface area (TPSA) is 110 Å². The highest BCUT2D eigenvalue weighted by molar-refractivity contribution is 5.83. The number of pyridine rings is 1. The number of carbonyl (C=O) groups excluding carboxylic acids is 1. The molecule has 8 heteroatoms. The van der Waals surface area contributed by atoms with Gasteiger partial charge in [0.25, 0.3) is 0 Å². The van der Waals surface area contributed by atoms with Crippen molar-refractivity contribution in [1.82, 2.24) is 19.7 Å². The second-order valence-corrected chi connectivity index (χ2v) is 8.20. The highest BCUT2D eigenvalue weighted by atomic mass is 16.5. The molecule has 2 aromatic heterocycles. The number of benzene rings is 1. The summed E-state index contributed by atoms with van der Waals surface area (Å²) in [5, 5.41) is 13.9. The summed E-state index contributed by atoms with van der Waals surface area (Å²) in [6.07, 6.45) is 3.93. The van der Waals surface area contributed by atoms with Gasteiger partial charge in [0.2, 0.25) is 11.8 Å². The molecule has 0 saturated heterocycles. The van der Waals surface area contributed by atoms with Crippen LogP contribution in [0.25, 0.3) is 11.3 Å². The summed E-state index contributed by atoms with van der Waals surface area (Å²) in [6.45, 7) is 5.07. The van der Waals surface area contributed by atoms with Crippen molar-refractivity contribution < 1.29 is 9.53 Å². The van der Waals surface area contributed by atoms with Gasteiger partial charge in [-0.2, -0.15) is 10.4 Å². The molecular weight excluding hydrogens is 416 g/mol. The second-order valence-electron chi connectivity index (χ2n) is 8.20. The van der Waals surface area contributed by atoms with Crippen molar-refractivity contribution in [2.75, 3.05) is 13.1 Å². The van der Waals surface area contributed by atoms with Crippen LogP contribution < -0.4 is 10.5 Å². The van der Waals surface area contributed by atoms with Gasteiger partial charge in [0.15, 0.2) is 0 Å². The Labute approximate surface area is 193 Å². The summed E-state index contributed by atoms with van der Waals surface area (Å²) in [5.74, 6) is 1.51. The van der Waals surface area contributed by atoms with E-state index in [4.69, 9.17) is 10.5 Å². The molecule has 0 spiro atoms. The molecule has 1 aliphatic carbocycles. The first-order valence-corrected chi connectivity index (χ1v) is 11.2. The third-order valence-electron chi connectivity index (χ3n) is 5.94. The van der Waals surface area contributed by atoms with E-state index in [0.717, 1.165) is 24.1 Å².